The summed E-state index contributed by atoms with van der Waals surface area (Å²) in [4.78, 5) is 21.5. The molecule has 1 atom stereocenters. The molecule has 0 aromatic carbocycles. The monoisotopic (exact) mass is 231 g/mol. The summed E-state index contributed by atoms with van der Waals surface area (Å²) < 4.78 is 4.78. The maximum absolute atomic E-state index is 11.2. The van der Waals surface area contributed by atoms with Gasteiger partial charge in [0, 0.05) is 26.5 Å². The van der Waals surface area contributed by atoms with Gasteiger partial charge in [0.15, 0.2) is 0 Å². The van der Waals surface area contributed by atoms with Crippen molar-refractivity contribution in [3.63, 3.8) is 0 Å². The van der Waals surface area contributed by atoms with E-state index in [4.69, 9.17) is 9.84 Å². The van der Waals surface area contributed by atoms with Gasteiger partial charge in [0.25, 0.3) is 0 Å². The Kier molecular flexibility index (Phi) is 8.52. The Labute approximate surface area is 96.2 Å². The van der Waals surface area contributed by atoms with Gasteiger partial charge in [0.05, 0.1) is 6.61 Å². The number of rotatable bonds is 9. The topological polar surface area (TPSA) is 75.6 Å². The molecule has 0 bridgehead atoms. The number of carboxylic acids is 1. The molecule has 1 unspecified atom stereocenters. The minimum absolute atomic E-state index is 0.0210. The van der Waals surface area contributed by atoms with Gasteiger partial charge >= 0.3 is 5.97 Å². The van der Waals surface area contributed by atoms with E-state index in [-0.39, 0.29) is 12.3 Å². The summed E-state index contributed by atoms with van der Waals surface area (Å²) in [6.07, 6.45) is 2.04. The highest BCUT2D eigenvalue weighted by atomic mass is 16.5. The summed E-state index contributed by atoms with van der Waals surface area (Å²) in [5.41, 5.74) is 0. The maximum Gasteiger partial charge on any atom is 0.303 e. The first-order valence-electron chi connectivity index (χ1n) is 5.53. The van der Waals surface area contributed by atoms with Crippen LogP contribution in [0.1, 0.15) is 32.6 Å². The zero-order chi connectivity index (χ0) is 12.4. The van der Waals surface area contributed by atoms with Gasteiger partial charge in [0.1, 0.15) is 0 Å². The van der Waals surface area contributed by atoms with Gasteiger partial charge in [-0.25, -0.2) is 0 Å². The number of amides is 1. The lowest BCUT2D eigenvalue weighted by Gasteiger charge is -2.10. The number of nitrogens with one attached hydrogen (secondary N) is 1. The molecule has 5 heteroatoms. The van der Waals surface area contributed by atoms with Crippen LogP contribution < -0.4 is 5.32 Å². The van der Waals surface area contributed by atoms with Crippen LogP contribution >= 0.6 is 0 Å². The van der Waals surface area contributed by atoms with Crippen LogP contribution in [-0.2, 0) is 14.3 Å². The van der Waals surface area contributed by atoms with E-state index in [0.29, 0.717) is 31.9 Å². The standard InChI is InChI=1S/C11H21NO4/c1-9(3-4-11(14)15)5-7-12-10(13)6-8-16-2/h9H,3-8H2,1-2H3,(H,12,13)(H,14,15). The van der Waals surface area contributed by atoms with Gasteiger partial charge in [-0.2, -0.15) is 0 Å². The first-order chi connectivity index (χ1) is 7.56. The predicted molar refractivity (Wildman–Crippen MR) is 60.2 cm³/mol. The highest BCUT2D eigenvalue weighted by Gasteiger charge is 2.06. The molecule has 0 aromatic rings. The summed E-state index contributed by atoms with van der Waals surface area (Å²) in [6.45, 7) is 3.02. The van der Waals surface area contributed by atoms with Crippen molar-refractivity contribution >= 4 is 11.9 Å². The van der Waals surface area contributed by atoms with Crippen LogP contribution in [0.2, 0.25) is 0 Å². The van der Waals surface area contributed by atoms with Crippen molar-refractivity contribution in [3.05, 3.63) is 0 Å². The Morgan fingerprint density at radius 3 is 2.56 bits per heavy atom. The minimum atomic E-state index is -0.768. The van der Waals surface area contributed by atoms with Gasteiger partial charge in [-0.05, 0) is 18.8 Å². The Morgan fingerprint density at radius 2 is 2.00 bits per heavy atom. The smallest absolute Gasteiger partial charge is 0.303 e. The Balaban J connectivity index is 3.42. The van der Waals surface area contributed by atoms with Crippen LogP contribution in [-0.4, -0.2) is 37.2 Å². The van der Waals surface area contributed by atoms with E-state index in [1.165, 1.54) is 0 Å². The molecule has 0 spiro atoms. The Bertz CT molecular complexity index is 218. The molecule has 0 radical (unpaired) electrons. The first kappa shape index (κ1) is 14.9. The lowest BCUT2D eigenvalue weighted by Crippen LogP contribution is -2.26. The molecular weight excluding hydrogens is 210 g/mol. The van der Waals surface area contributed by atoms with Gasteiger partial charge in [0.2, 0.25) is 5.91 Å². The maximum atomic E-state index is 11.2. The van der Waals surface area contributed by atoms with E-state index in [0.717, 1.165) is 6.42 Å². The van der Waals surface area contributed by atoms with Crippen LogP contribution in [0.15, 0.2) is 0 Å². The van der Waals surface area contributed by atoms with E-state index < -0.39 is 5.97 Å². The van der Waals surface area contributed by atoms with Crippen molar-refractivity contribution < 1.29 is 19.4 Å². The Morgan fingerprint density at radius 1 is 1.31 bits per heavy atom. The molecule has 0 aliphatic heterocycles. The lowest BCUT2D eigenvalue weighted by atomic mass is 10.0. The minimum Gasteiger partial charge on any atom is -0.481 e. The molecule has 0 aromatic heterocycles. The Hall–Kier alpha value is -1.10. The zero-order valence-electron chi connectivity index (χ0n) is 9.99. The SMILES string of the molecule is COCCC(=O)NCCC(C)CCC(=O)O. The van der Waals surface area contributed by atoms with Crippen molar-refractivity contribution in [1.29, 1.82) is 0 Å². The van der Waals surface area contributed by atoms with Crippen molar-refractivity contribution in [2.75, 3.05) is 20.3 Å². The zero-order valence-corrected chi connectivity index (χ0v) is 9.99. The number of carbonyl (C=O) groups is 2. The molecule has 0 fully saturated rings. The summed E-state index contributed by atoms with van der Waals surface area (Å²) >= 11 is 0. The fourth-order valence-corrected chi connectivity index (χ4v) is 1.26. The number of hydrogen-bond acceptors (Lipinski definition) is 3. The summed E-state index contributed by atoms with van der Waals surface area (Å²) in [7, 11) is 1.56. The van der Waals surface area contributed by atoms with Crippen molar-refractivity contribution in [3.8, 4) is 0 Å². The molecule has 0 saturated carbocycles. The molecule has 1 amide bonds. The summed E-state index contributed by atoms with van der Waals surface area (Å²) in [6, 6.07) is 0. The molecule has 16 heavy (non-hydrogen) atoms. The second kappa shape index (κ2) is 9.15. The molecule has 0 heterocycles. The van der Waals surface area contributed by atoms with Crippen LogP contribution in [0, 0.1) is 5.92 Å². The normalized spacial score (nSPS) is 12.1. The quantitative estimate of drug-likeness (QED) is 0.621. The second-order valence-corrected chi connectivity index (χ2v) is 3.92. The third-order valence-electron chi connectivity index (χ3n) is 2.34. The van der Waals surface area contributed by atoms with Crippen molar-refractivity contribution in [2.45, 2.75) is 32.6 Å². The average Bonchev–Trinajstić information content (AvgIpc) is 2.23. The fourth-order valence-electron chi connectivity index (χ4n) is 1.26. The largest absolute Gasteiger partial charge is 0.481 e. The first-order valence-corrected chi connectivity index (χ1v) is 5.53. The average molecular weight is 231 g/mol. The third-order valence-corrected chi connectivity index (χ3v) is 2.34. The van der Waals surface area contributed by atoms with Gasteiger partial charge < -0.3 is 15.2 Å². The number of ether oxygens (including phenoxy) is 1. The van der Waals surface area contributed by atoms with Gasteiger partial charge in [-0.15, -0.1) is 0 Å². The van der Waals surface area contributed by atoms with Crippen LogP contribution in [0.4, 0.5) is 0 Å². The molecule has 94 valence electrons. The van der Waals surface area contributed by atoms with E-state index >= 15 is 0 Å². The van der Waals surface area contributed by atoms with Crippen molar-refractivity contribution in [2.24, 2.45) is 5.92 Å². The number of aliphatic carboxylic acids is 1. The number of carboxylic acid groups (broad SMARTS) is 1. The fraction of sp³-hybridized carbons (Fsp3) is 0.818. The number of carbonyl (C=O) groups excluding carboxylic acids is 1. The second-order valence-electron chi connectivity index (χ2n) is 3.92. The molecular formula is C11H21NO4. The van der Waals surface area contributed by atoms with E-state index in [1.54, 1.807) is 7.11 Å². The van der Waals surface area contributed by atoms with Gasteiger partial charge in [-0.1, -0.05) is 6.92 Å². The predicted octanol–water partition coefficient (Wildman–Crippen LogP) is 1.03. The molecule has 5 nitrogen and oxygen atoms in total. The molecule has 0 aliphatic rings. The highest BCUT2D eigenvalue weighted by Crippen LogP contribution is 2.08. The molecule has 2 N–H and O–H groups in total. The third kappa shape index (κ3) is 9.45. The summed E-state index contributed by atoms with van der Waals surface area (Å²) in [5.74, 6) is -0.470. The van der Waals surface area contributed by atoms with E-state index in [2.05, 4.69) is 5.32 Å². The van der Waals surface area contributed by atoms with Crippen LogP contribution in [0.25, 0.3) is 0 Å². The highest BCUT2D eigenvalue weighted by molar-refractivity contribution is 5.75. The number of hydrogen-bond donors (Lipinski definition) is 2. The van der Waals surface area contributed by atoms with Gasteiger partial charge in [-0.3, -0.25) is 9.59 Å². The summed E-state index contributed by atoms with van der Waals surface area (Å²) in [5, 5.41) is 11.3. The van der Waals surface area contributed by atoms with E-state index in [9.17, 15) is 9.59 Å². The molecule has 0 rings (SSSR count). The lowest BCUT2D eigenvalue weighted by molar-refractivity contribution is -0.137. The van der Waals surface area contributed by atoms with Crippen LogP contribution in [0.3, 0.4) is 0 Å². The molecule has 0 aliphatic carbocycles. The number of methoxy groups -OCH3 is 1. The van der Waals surface area contributed by atoms with Crippen molar-refractivity contribution in [1.82, 2.24) is 5.32 Å². The van der Waals surface area contributed by atoms with E-state index in [1.807, 2.05) is 6.92 Å². The van der Waals surface area contributed by atoms with Crippen LogP contribution in [0.5, 0.6) is 0 Å². The molecule has 0 saturated heterocycles.